The monoisotopic (exact) mass is 248 g/mol. The summed E-state index contributed by atoms with van der Waals surface area (Å²) in [6.07, 6.45) is 1.58. The number of nitrogens with one attached hydrogen (secondary N) is 1. The molecule has 94 valence electrons. The van der Waals surface area contributed by atoms with Crippen LogP contribution in [-0.4, -0.2) is 23.6 Å². The van der Waals surface area contributed by atoms with Crippen molar-refractivity contribution in [1.29, 1.82) is 0 Å². The van der Waals surface area contributed by atoms with E-state index in [4.69, 9.17) is 4.89 Å². The molecule has 0 aliphatic carbocycles. The first kappa shape index (κ1) is 12.1. The third kappa shape index (κ3) is 2.33. The van der Waals surface area contributed by atoms with Gasteiger partial charge in [0.15, 0.2) is 5.75 Å². The molecule has 2 amide bonds. The molecule has 1 aromatic heterocycles. The molecule has 1 aromatic carbocycles. The third-order valence-corrected chi connectivity index (χ3v) is 2.34. The molecule has 2 aromatic rings. The zero-order chi connectivity index (χ0) is 13.1. The van der Waals surface area contributed by atoms with Gasteiger partial charge in [-0.2, -0.15) is 4.89 Å². The fourth-order valence-electron chi connectivity index (χ4n) is 1.66. The van der Waals surface area contributed by atoms with Crippen LogP contribution in [-0.2, 0) is 9.68 Å². The van der Waals surface area contributed by atoms with Crippen molar-refractivity contribution in [1.82, 2.24) is 9.88 Å². The van der Waals surface area contributed by atoms with E-state index in [-0.39, 0.29) is 0 Å². The number of rotatable bonds is 2. The minimum atomic E-state index is -0.488. The van der Waals surface area contributed by atoms with Crippen molar-refractivity contribution >= 4 is 22.8 Å². The van der Waals surface area contributed by atoms with Gasteiger partial charge in [0, 0.05) is 18.5 Å². The molecule has 1 N–H and O–H groups in total. The van der Waals surface area contributed by atoms with E-state index in [1.165, 1.54) is 18.6 Å². The van der Waals surface area contributed by atoms with Crippen molar-refractivity contribution < 1.29 is 19.4 Å². The Morgan fingerprint density at radius 3 is 2.72 bits per heavy atom. The maximum Gasteiger partial charge on any atom is 0.332 e. The lowest BCUT2D eigenvalue weighted by molar-refractivity contribution is -0.178. The Labute approximate surface area is 103 Å². The van der Waals surface area contributed by atoms with Crippen LogP contribution in [0.3, 0.4) is 0 Å². The molecule has 0 saturated heterocycles. The third-order valence-electron chi connectivity index (χ3n) is 2.34. The Morgan fingerprint density at radius 1 is 1.28 bits per heavy atom. The number of nitrogens with zero attached hydrogens (tertiary/aromatic N) is 1. The Bertz CT molecular complexity index is 603. The number of benzene rings is 1. The summed E-state index contributed by atoms with van der Waals surface area (Å²) in [5.41, 5.74) is 0.678. The van der Waals surface area contributed by atoms with E-state index >= 15 is 0 Å². The molecule has 18 heavy (non-hydrogen) atoms. The van der Waals surface area contributed by atoms with E-state index in [2.05, 4.69) is 10.2 Å². The van der Waals surface area contributed by atoms with E-state index < -0.39 is 11.9 Å². The number of imide groups is 1. The zero-order valence-corrected chi connectivity index (χ0v) is 9.97. The minimum absolute atomic E-state index is 0.402. The Balaban J connectivity index is 2.36. The molecule has 0 spiro atoms. The fourth-order valence-corrected chi connectivity index (χ4v) is 1.66. The molecular weight excluding hydrogens is 236 g/mol. The number of fused-ring (bicyclic) bond motifs is 1. The maximum absolute atomic E-state index is 11.7. The second-order valence-corrected chi connectivity index (χ2v) is 3.64. The molecule has 0 unspecified atom stereocenters. The quantitative estimate of drug-likeness (QED) is 0.648. The number of hydrogen-bond donors (Lipinski definition) is 1. The highest BCUT2D eigenvalue weighted by atomic mass is 17.2. The van der Waals surface area contributed by atoms with Gasteiger partial charge in [-0.25, -0.2) is 4.79 Å². The second kappa shape index (κ2) is 4.89. The molecule has 1 heterocycles. The van der Waals surface area contributed by atoms with Crippen LogP contribution in [0.2, 0.25) is 0 Å². The second-order valence-electron chi connectivity index (χ2n) is 3.64. The van der Waals surface area contributed by atoms with Crippen LogP contribution in [0.1, 0.15) is 6.92 Å². The molecule has 0 bridgehead atoms. The van der Waals surface area contributed by atoms with Gasteiger partial charge >= 0.3 is 6.03 Å². The van der Waals surface area contributed by atoms with Gasteiger partial charge in [-0.05, 0) is 24.3 Å². The minimum Gasteiger partial charge on any atom is -0.338 e. The predicted octanol–water partition coefficient (Wildman–Crippen LogP) is 1.69. The number of carbonyl (C=O) groups is 2. The fraction of sp³-hybridized carbons (Fsp3) is 0.167. The van der Waals surface area contributed by atoms with Crippen LogP contribution in [0.15, 0.2) is 30.5 Å². The lowest BCUT2D eigenvalue weighted by Crippen LogP contribution is -2.31. The van der Waals surface area contributed by atoms with Crippen LogP contribution in [0.4, 0.5) is 4.79 Å². The lowest BCUT2D eigenvalue weighted by atomic mass is 10.2. The Morgan fingerprint density at radius 2 is 2.06 bits per heavy atom. The van der Waals surface area contributed by atoms with E-state index in [1.54, 1.807) is 30.5 Å². The first-order chi connectivity index (χ1) is 8.61. The highest BCUT2D eigenvalue weighted by molar-refractivity contribution is 5.99. The average molecular weight is 248 g/mol. The summed E-state index contributed by atoms with van der Waals surface area (Å²) in [4.78, 5) is 32.0. The van der Waals surface area contributed by atoms with Gasteiger partial charge in [-0.15, -0.1) is 0 Å². The molecular formula is C12H12N2O4. The molecule has 6 heteroatoms. The molecule has 0 radical (unpaired) electrons. The van der Waals surface area contributed by atoms with Gasteiger partial charge < -0.3 is 4.89 Å². The average Bonchev–Trinajstić information content (AvgIpc) is 2.71. The Kier molecular flexibility index (Phi) is 3.29. The molecule has 0 fully saturated rings. The highest BCUT2D eigenvalue weighted by Gasteiger charge is 2.10. The molecule has 6 nitrogen and oxygen atoms in total. The smallest absolute Gasteiger partial charge is 0.332 e. The summed E-state index contributed by atoms with van der Waals surface area (Å²) >= 11 is 0. The summed E-state index contributed by atoms with van der Waals surface area (Å²) in [5, 5.41) is 3.01. The van der Waals surface area contributed by atoms with Gasteiger partial charge in [0.2, 0.25) is 5.91 Å². The van der Waals surface area contributed by atoms with E-state index in [0.717, 1.165) is 5.39 Å². The summed E-state index contributed by atoms with van der Waals surface area (Å²) in [6.45, 7) is 1.29. The van der Waals surface area contributed by atoms with Crippen LogP contribution < -0.4 is 10.2 Å². The number of carbonyl (C=O) groups excluding carboxylic acids is 2. The first-order valence-corrected chi connectivity index (χ1v) is 5.25. The van der Waals surface area contributed by atoms with E-state index in [9.17, 15) is 9.59 Å². The van der Waals surface area contributed by atoms with Crippen molar-refractivity contribution in [2.75, 3.05) is 7.11 Å². The molecule has 0 aliphatic heterocycles. The van der Waals surface area contributed by atoms with Crippen LogP contribution >= 0.6 is 0 Å². The largest absolute Gasteiger partial charge is 0.338 e. The van der Waals surface area contributed by atoms with Crippen molar-refractivity contribution in [2.45, 2.75) is 6.92 Å². The molecule has 0 saturated carbocycles. The molecule has 2 rings (SSSR count). The highest BCUT2D eigenvalue weighted by Crippen LogP contribution is 2.21. The summed E-state index contributed by atoms with van der Waals surface area (Å²) in [5.74, 6) is 0.135. The maximum atomic E-state index is 11.7. The van der Waals surface area contributed by atoms with Crippen LogP contribution in [0, 0.1) is 0 Å². The number of aromatic nitrogens is 1. The lowest BCUT2D eigenvalue weighted by Gasteiger charge is -2.05. The van der Waals surface area contributed by atoms with Gasteiger partial charge in [-0.1, -0.05) is 0 Å². The van der Waals surface area contributed by atoms with Crippen molar-refractivity contribution in [3.8, 4) is 5.75 Å². The summed E-state index contributed by atoms with van der Waals surface area (Å²) < 4.78 is 1.35. The van der Waals surface area contributed by atoms with Gasteiger partial charge in [0.1, 0.15) is 0 Å². The normalized spacial score (nSPS) is 10.3. The zero-order valence-electron chi connectivity index (χ0n) is 9.97. The summed E-state index contributed by atoms with van der Waals surface area (Å²) in [6, 6.07) is 6.37. The van der Waals surface area contributed by atoms with Gasteiger partial charge in [0.05, 0.1) is 12.6 Å². The van der Waals surface area contributed by atoms with Crippen LogP contribution in [0.25, 0.3) is 10.9 Å². The van der Waals surface area contributed by atoms with Crippen molar-refractivity contribution in [2.24, 2.45) is 0 Å². The summed E-state index contributed by atoms with van der Waals surface area (Å²) in [7, 11) is 1.41. The number of amides is 2. The van der Waals surface area contributed by atoms with E-state index in [0.29, 0.717) is 11.3 Å². The van der Waals surface area contributed by atoms with Gasteiger partial charge in [-0.3, -0.25) is 14.7 Å². The van der Waals surface area contributed by atoms with Crippen molar-refractivity contribution in [3.63, 3.8) is 0 Å². The van der Waals surface area contributed by atoms with Gasteiger partial charge in [0.25, 0.3) is 0 Å². The SMILES string of the molecule is COOc1ccc2c(ccn2C(=O)NC(C)=O)c1. The first-order valence-electron chi connectivity index (χ1n) is 5.25. The van der Waals surface area contributed by atoms with Crippen molar-refractivity contribution in [3.05, 3.63) is 30.5 Å². The topological polar surface area (TPSA) is 69.6 Å². The molecule has 0 aliphatic rings. The van der Waals surface area contributed by atoms with Crippen LogP contribution in [0.5, 0.6) is 5.75 Å². The van der Waals surface area contributed by atoms with E-state index in [1.807, 2.05) is 0 Å². The molecule has 0 atom stereocenters. The standard InChI is InChI=1S/C12H12N2O4/c1-8(15)13-12(16)14-6-5-9-7-10(18-17-2)3-4-11(9)14/h3-7H,1-2H3,(H,13,15,16). The predicted molar refractivity (Wildman–Crippen MR) is 64.2 cm³/mol. The Hall–Kier alpha value is -2.34. The number of hydrogen-bond acceptors (Lipinski definition) is 4.